The SMILES string of the molecule is O=C(Nc1ccc(Br)cc1F)[C@@H]1C[C@@H]1c1ccccc1. The number of benzene rings is 2. The molecule has 1 saturated carbocycles. The highest BCUT2D eigenvalue weighted by Crippen LogP contribution is 2.47. The van der Waals surface area contributed by atoms with Crippen molar-refractivity contribution in [3.05, 3.63) is 64.4 Å². The fourth-order valence-corrected chi connectivity index (χ4v) is 2.70. The van der Waals surface area contributed by atoms with Crippen LogP contribution in [0.15, 0.2) is 53.0 Å². The van der Waals surface area contributed by atoms with Gasteiger partial charge in [-0.05, 0) is 36.1 Å². The number of rotatable bonds is 3. The second-order valence-electron chi connectivity index (χ2n) is 4.97. The lowest BCUT2D eigenvalue weighted by Gasteiger charge is -2.06. The summed E-state index contributed by atoms with van der Waals surface area (Å²) in [6.07, 6.45) is 0.827. The molecule has 2 aromatic rings. The first-order valence-electron chi connectivity index (χ1n) is 6.46. The summed E-state index contributed by atoms with van der Waals surface area (Å²) in [5.74, 6) is -0.333. The molecule has 2 nitrogen and oxygen atoms in total. The Morgan fingerprint density at radius 1 is 1.20 bits per heavy atom. The topological polar surface area (TPSA) is 29.1 Å². The van der Waals surface area contributed by atoms with E-state index < -0.39 is 5.82 Å². The maximum absolute atomic E-state index is 13.7. The highest BCUT2D eigenvalue weighted by molar-refractivity contribution is 9.10. The number of amides is 1. The summed E-state index contributed by atoms with van der Waals surface area (Å²) in [4.78, 5) is 12.1. The van der Waals surface area contributed by atoms with Crippen LogP contribution in [0, 0.1) is 11.7 Å². The second kappa shape index (κ2) is 5.37. The lowest BCUT2D eigenvalue weighted by atomic mass is 10.1. The summed E-state index contributed by atoms with van der Waals surface area (Å²) in [6, 6.07) is 14.6. The van der Waals surface area contributed by atoms with E-state index >= 15 is 0 Å². The van der Waals surface area contributed by atoms with Crippen LogP contribution in [0.4, 0.5) is 10.1 Å². The Morgan fingerprint density at radius 2 is 1.95 bits per heavy atom. The first kappa shape index (κ1) is 13.3. The Kier molecular flexibility index (Phi) is 3.57. The van der Waals surface area contributed by atoms with Crippen molar-refractivity contribution in [3.63, 3.8) is 0 Å². The van der Waals surface area contributed by atoms with Crippen LogP contribution in [0.3, 0.4) is 0 Å². The first-order chi connectivity index (χ1) is 9.65. The van der Waals surface area contributed by atoms with Crippen LogP contribution in [0.5, 0.6) is 0 Å². The molecule has 0 aliphatic heterocycles. The quantitative estimate of drug-likeness (QED) is 0.889. The first-order valence-corrected chi connectivity index (χ1v) is 7.25. The van der Waals surface area contributed by atoms with Crippen molar-refractivity contribution in [1.29, 1.82) is 0 Å². The molecule has 0 unspecified atom stereocenters. The van der Waals surface area contributed by atoms with Crippen molar-refractivity contribution in [2.75, 3.05) is 5.32 Å². The third-order valence-corrected chi connectivity index (χ3v) is 4.04. The molecular weight excluding hydrogens is 321 g/mol. The number of hydrogen-bond acceptors (Lipinski definition) is 1. The Balaban J connectivity index is 1.67. The molecule has 0 spiro atoms. The molecule has 0 aromatic heterocycles. The van der Waals surface area contributed by atoms with E-state index in [9.17, 15) is 9.18 Å². The van der Waals surface area contributed by atoms with Gasteiger partial charge in [-0.2, -0.15) is 0 Å². The number of halogens is 2. The largest absolute Gasteiger partial charge is 0.323 e. The third-order valence-electron chi connectivity index (χ3n) is 3.54. The monoisotopic (exact) mass is 333 g/mol. The number of anilines is 1. The average Bonchev–Trinajstić information content (AvgIpc) is 3.23. The van der Waals surface area contributed by atoms with Crippen molar-refractivity contribution in [3.8, 4) is 0 Å². The molecule has 0 bridgehead atoms. The predicted molar refractivity (Wildman–Crippen MR) is 80.0 cm³/mol. The van der Waals surface area contributed by atoms with Gasteiger partial charge in [0.1, 0.15) is 5.82 Å². The van der Waals surface area contributed by atoms with Crippen molar-refractivity contribution < 1.29 is 9.18 Å². The van der Waals surface area contributed by atoms with Gasteiger partial charge < -0.3 is 5.32 Å². The normalized spacial score (nSPS) is 20.5. The smallest absolute Gasteiger partial charge is 0.228 e. The number of carbonyl (C=O) groups is 1. The van der Waals surface area contributed by atoms with Crippen LogP contribution in [0.1, 0.15) is 17.9 Å². The molecule has 1 N–H and O–H groups in total. The van der Waals surface area contributed by atoms with Gasteiger partial charge in [-0.3, -0.25) is 4.79 Å². The predicted octanol–water partition coefficient (Wildman–Crippen LogP) is 4.33. The molecule has 3 rings (SSSR count). The fraction of sp³-hybridized carbons (Fsp3) is 0.188. The lowest BCUT2D eigenvalue weighted by molar-refractivity contribution is -0.117. The minimum atomic E-state index is -0.426. The molecule has 1 fully saturated rings. The zero-order valence-electron chi connectivity index (χ0n) is 10.6. The maximum Gasteiger partial charge on any atom is 0.228 e. The molecular formula is C16H13BrFNO. The Labute approximate surface area is 125 Å². The second-order valence-corrected chi connectivity index (χ2v) is 5.89. The lowest BCUT2D eigenvalue weighted by Crippen LogP contribution is -2.15. The van der Waals surface area contributed by atoms with Crippen LogP contribution in [0.2, 0.25) is 0 Å². The number of hydrogen-bond donors (Lipinski definition) is 1. The van der Waals surface area contributed by atoms with Gasteiger partial charge in [-0.15, -0.1) is 0 Å². The van der Waals surface area contributed by atoms with Crippen LogP contribution in [-0.4, -0.2) is 5.91 Å². The number of nitrogens with one attached hydrogen (secondary N) is 1. The Hall–Kier alpha value is -1.68. The molecule has 2 aromatic carbocycles. The van der Waals surface area contributed by atoms with E-state index in [1.54, 1.807) is 12.1 Å². The van der Waals surface area contributed by atoms with E-state index in [-0.39, 0.29) is 23.4 Å². The molecule has 20 heavy (non-hydrogen) atoms. The summed E-state index contributed by atoms with van der Waals surface area (Å²) in [5.41, 5.74) is 1.40. The van der Waals surface area contributed by atoms with Crippen LogP contribution < -0.4 is 5.32 Å². The Bertz CT molecular complexity index is 644. The average molecular weight is 334 g/mol. The zero-order chi connectivity index (χ0) is 14.1. The molecule has 1 aliphatic carbocycles. The van der Waals surface area contributed by atoms with Crippen molar-refractivity contribution in [1.82, 2.24) is 0 Å². The molecule has 2 atom stereocenters. The van der Waals surface area contributed by atoms with Gasteiger partial charge in [-0.1, -0.05) is 46.3 Å². The molecule has 0 heterocycles. The standard InChI is InChI=1S/C16H13BrFNO/c17-11-6-7-15(14(18)8-11)19-16(20)13-9-12(13)10-4-2-1-3-5-10/h1-8,12-13H,9H2,(H,19,20)/t12-,13-/m1/s1. The van der Waals surface area contributed by atoms with Crippen molar-refractivity contribution in [2.24, 2.45) is 5.92 Å². The third kappa shape index (κ3) is 2.75. The Morgan fingerprint density at radius 3 is 2.65 bits per heavy atom. The summed E-state index contributed by atoms with van der Waals surface area (Å²) < 4.78 is 14.3. The van der Waals surface area contributed by atoms with Crippen LogP contribution >= 0.6 is 15.9 Å². The van der Waals surface area contributed by atoms with Crippen LogP contribution in [-0.2, 0) is 4.79 Å². The van der Waals surface area contributed by atoms with E-state index in [1.807, 2.05) is 30.3 Å². The molecule has 4 heteroatoms. The fourth-order valence-electron chi connectivity index (χ4n) is 2.37. The van der Waals surface area contributed by atoms with E-state index in [0.717, 1.165) is 6.42 Å². The highest BCUT2D eigenvalue weighted by atomic mass is 79.9. The molecule has 102 valence electrons. The summed E-state index contributed by atoms with van der Waals surface area (Å²) >= 11 is 3.19. The van der Waals surface area contributed by atoms with E-state index in [0.29, 0.717) is 4.47 Å². The highest BCUT2D eigenvalue weighted by Gasteiger charge is 2.43. The summed E-state index contributed by atoms with van der Waals surface area (Å²) in [5, 5.41) is 2.66. The van der Waals surface area contributed by atoms with E-state index in [4.69, 9.17) is 0 Å². The van der Waals surface area contributed by atoms with E-state index in [2.05, 4.69) is 21.2 Å². The maximum atomic E-state index is 13.7. The van der Waals surface area contributed by atoms with Gasteiger partial charge in [0.05, 0.1) is 5.69 Å². The van der Waals surface area contributed by atoms with Gasteiger partial charge in [0, 0.05) is 10.4 Å². The van der Waals surface area contributed by atoms with Gasteiger partial charge in [-0.25, -0.2) is 4.39 Å². The summed E-state index contributed by atoms with van der Waals surface area (Å²) in [7, 11) is 0. The van der Waals surface area contributed by atoms with E-state index in [1.165, 1.54) is 11.6 Å². The van der Waals surface area contributed by atoms with Gasteiger partial charge in [0.15, 0.2) is 0 Å². The molecule has 0 radical (unpaired) electrons. The van der Waals surface area contributed by atoms with Gasteiger partial charge >= 0.3 is 0 Å². The van der Waals surface area contributed by atoms with Gasteiger partial charge in [0.2, 0.25) is 5.91 Å². The molecule has 1 amide bonds. The number of carbonyl (C=O) groups excluding carboxylic acids is 1. The van der Waals surface area contributed by atoms with Crippen molar-refractivity contribution >= 4 is 27.5 Å². The van der Waals surface area contributed by atoms with Crippen molar-refractivity contribution in [2.45, 2.75) is 12.3 Å². The molecule has 1 aliphatic rings. The molecule has 0 saturated heterocycles. The summed E-state index contributed by atoms with van der Waals surface area (Å²) in [6.45, 7) is 0. The zero-order valence-corrected chi connectivity index (χ0v) is 12.2. The minimum Gasteiger partial charge on any atom is -0.323 e. The van der Waals surface area contributed by atoms with Gasteiger partial charge in [0.25, 0.3) is 0 Å². The van der Waals surface area contributed by atoms with Crippen LogP contribution in [0.25, 0.3) is 0 Å². The minimum absolute atomic E-state index is 0.0551.